The molecule has 0 aliphatic heterocycles. The number of nitrogens with two attached hydrogens (primary N) is 1. The lowest BCUT2D eigenvalue weighted by Crippen LogP contribution is -2.35. The SMILES string of the molecule is Nc1ncnc2c1ncn2[C@H]1C[C@@H](COC(c2ccccc2)(c2ccccc2)c2ccccc2)[C@H](O)C1. The Bertz CT molecular complexity index is 1380. The van der Waals surface area contributed by atoms with Crippen LogP contribution in [0.25, 0.3) is 11.2 Å². The number of hydrogen-bond acceptors (Lipinski definition) is 6. The molecule has 0 bridgehead atoms. The molecule has 3 atom stereocenters. The third kappa shape index (κ3) is 4.16. The van der Waals surface area contributed by atoms with Gasteiger partial charge < -0.3 is 20.1 Å². The fraction of sp³-hybridized carbons (Fsp3) is 0.233. The van der Waals surface area contributed by atoms with Crippen molar-refractivity contribution in [2.75, 3.05) is 12.3 Å². The first-order valence-electron chi connectivity index (χ1n) is 12.6. The lowest BCUT2D eigenvalue weighted by atomic mass is 9.80. The van der Waals surface area contributed by atoms with E-state index in [1.165, 1.54) is 6.33 Å². The van der Waals surface area contributed by atoms with Crippen molar-refractivity contribution >= 4 is 17.0 Å². The smallest absolute Gasteiger partial charge is 0.165 e. The van der Waals surface area contributed by atoms with Crippen molar-refractivity contribution in [2.45, 2.75) is 30.6 Å². The minimum absolute atomic E-state index is 0.0440. The van der Waals surface area contributed by atoms with Crippen LogP contribution in [0, 0.1) is 5.92 Å². The Labute approximate surface area is 215 Å². The summed E-state index contributed by atoms with van der Waals surface area (Å²) in [7, 11) is 0. The monoisotopic (exact) mass is 491 g/mol. The van der Waals surface area contributed by atoms with E-state index < -0.39 is 11.7 Å². The van der Waals surface area contributed by atoms with E-state index in [-0.39, 0.29) is 12.0 Å². The van der Waals surface area contributed by atoms with Gasteiger partial charge in [0.1, 0.15) is 17.4 Å². The summed E-state index contributed by atoms with van der Waals surface area (Å²) in [6, 6.07) is 31.0. The van der Waals surface area contributed by atoms with Gasteiger partial charge in [0, 0.05) is 12.0 Å². The van der Waals surface area contributed by atoms with Gasteiger partial charge in [0.25, 0.3) is 0 Å². The summed E-state index contributed by atoms with van der Waals surface area (Å²) >= 11 is 0. The molecule has 3 N–H and O–H groups in total. The van der Waals surface area contributed by atoms with Gasteiger partial charge in [-0.3, -0.25) is 0 Å². The number of rotatable bonds is 7. The van der Waals surface area contributed by atoms with Crippen molar-refractivity contribution in [1.29, 1.82) is 0 Å². The highest BCUT2D eigenvalue weighted by molar-refractivity contribution is 5.81. The summed E-state index contributed by atoms with van der Waals surface area (Å²) in [4.78, 5) is 12.9. The Morgan fingerprint density at radius 2 is 1.38 bits per heavy atom. The summed E-state index contributed by atoms with van der Waals surface area (Å²) in [6.45, 7) is 0.389. The average Bonchev–Trinajstić information content (AvgIpc) is 3.55. The van der Waals surface area contributed by atoms with Crippen LogP contribution in [0.4, 0.5) is 5.82 Å². The second-order valence-corrected chi connectivity index (χ2v) is 9.63. The van der Waals surface area contributed by atoms with Gasteiger partial charge in [-0.1, -0.05) is 91.0 Å². The topological polar surface area (TPSA) is 99.1 Å². The molecule has 7 heteroatoms. The summed E-state index contributed by atoms with van der Waals surface area (Å²) in [5.74, 6) is 0.303. The molecular formula is C30H29N5O2. The van der Waals surface area contributed by atoms with E-state index in [0.717, 1.165) is 23.1 Å². The second kappa shape index (κ2) is 9.76. The number of hydrogen-bond donors (Lipinski definition) is 2. The molecule has 0 spiro atoms. The van der Waals surface area contributed by atoms with Crippen molar-refractivity contribution in [1.82, 2.24) is 19.5 Å². The lowest BCUT2D eigenvalue weighted by Gasteiger charge is -2.37. The van der Waals surface area contributed by atoms with Crippen molar-refractivity contribution < 1.29 is 9.84 Å². The van der Waals surface area contributed by atoms with E-state index >= 15 is 0 Å². The number of nitrogens with zero attached hydrogens (tertiary/aromatic N) is 4. The van der Waals surface area contributed by atoms with E-state index in [2.05, 4.69) is 51.4 Å². The highest BCUT2D eigenvalue weighted by atomic mass is 16.5. The third-order valence-electron chi connectivity index (χ3n) is 7.47. The number of imidazole rings is 1. The minimum Gasteiger partial charge on any atom is -0.393 e. The van der Waals surface area contributed by atoms with Crippen molar-refractivity contribution in [3.63, 3.8) is 0 Å². The Balaban J connectivity index is 1.34. The van der Waals surface area contributed by atoms with Crippen LogP contribution < -0.4 is 5.73 Å². The van der Waals surface area contributed by atoms with Crippen LogP contribution in [-0.4, -0.2) is 37.3 Å². The maximum atomic E-state index is 11.1. The number of fused-ring (bicyclic) bond motifs is 1. The van der Waals surface area contributed by atoms with Gasteiger partial charge in [0.15, 0.2) is 11.5 Å². The summed E-state index contributed by atoms with van der Waals surface area (Å²) in [6.07, 6.45) is 4.03. The number of aliphatic hydroxyl groups is 1. The molecule has 1 aliphatic carbocycles. The average molecular weight is 492 g/mol. The van der Waals surface area contributed by atoms with Crippen LogP contribution in [0.1, 0.15) is 35.6 Å². The van der Waals surface area contributed by atoms with Gasteiger partial charge in [-0.2, -0.15) is 0 Å². The van der Waals surface area contributed by atoms with Gasteiger partial charge in [0.05, 0.1) is 19.0 Å². The van der Waals surface area contributed by atoms with E-state index in [0.29, 0.717) is 30.0 Å². The molecule has 1 saturated carbocycles. The zero-order valence-electron chi connectivity index (χ0n) is 20.4. The van der Waals surface area contributed by atoms with Crippen molar-refractivity contribution in [3.8, 4) is 0 Å². The molecule has 0 amide bonds. The predicted octanol–water partition coefficient (Wildman–Crippen LogP) is 4.73. The summed E-state index contributed by atoms with van der Waals surface area (Å²) < 4.78 is 8.99. The first-order chi connectivity index (χ1) is 18.2. The molecule has 0 saturated heterocycles. The zero-order chi connectivity index (χ0) is 25.2. The number of nitrogen functional groups attached to an aromatic ring is 1. The van der Waals surface area contributed by atoms with Crippen molar-refractivity contribution in [3.05, 3.63) is 120 Å². The molecule has 1 fully saturated rings. The molecule has 0 radical (unpaired) electrons. The quantitative estimate of drug-likeness (QED) is 0.320. The van der Waals surface area contributed by atoms with Gasteiger partial charge in [0.2, 0.25) is 0 Å². The normalized spacial score (nSPS) is 19.9. The predicted molar refractivity (Wildman–Crippen MR) is 143 cm³/mol. The van der Waals surface area contributed by atoms with Crippen LogP contribution in [0.2, 0.25) is 0 Å². The first kappa shape index (κ1) is 23.3. The fourth-order valence-electron chi connectivity index (χ4n) is 5.62. The second-order valence-electron chi connectivity index (χ2n) is 9.63. The van der Waals surface area contributed by atoms with Gasteiger partial charge in [-0.25, -0.2) is 15.0 Å². The Morgan fingerprint density at radius 3 is 1.95 bits per heavy atom. The lowest BCUT2D eigenvalue weighted by molar-refractivity contribution is -0.0296. The van der Waals surface area contributed by atoms with Crippen LogP contribution in [0.5, 0.6) is 0 Å². The van der Waals surface area contributed by atoms with E-state index in [9.17, 15) is 5.11 Å². The maximum Gasteiger partial charge on any atom is 0.165 e. The Hall–Kier alpha value is -4.07. The number of anilines is 1. The highest BCUT2D eigenvalue weighted by Crippen LogP contribution is 2.43. The summed E-state index contributed by atoms with van der Waals surface area (Å²) in [5.41, 5.74) is 9.59. The molecule has 5 aromatic rings. The van der Waals surface area contributed by atoms with E-state index in [1.54, 1.807) is 6.33 Å². The minimum atomic E-state index is -0.815. The molecule has 1 aliphatic rings. The molecule has 0 unspecified atom stereocenters. The van der Waals surface area contributed by atoms with Crippen LogP contribution in [-0.2, 0) is 10.3 Å². The fourth-order valence-corrected chi connectivity index (χ4v) is 5.62. The highest BCUT2D eigenvalue weighted by Gasteiger charge is 2.41. The Morgan fingerprint density at radius 1 is 0.811 bits per heavy atom. The van der Waals surface area contributed by atoms with E-state index in [4.69, 9.17) is 10.5 Å². The van der Waals surface area contributed by atoms with Gasteiger partial charge in [-0.15, -0.1) is 0 Å². The number of aliphatic hydroxyl groups excluding tert-OH is 1. The zero-order valence-corrected chi connectivity index (χ0v) is 20.4. The summed E-state index contributed by atoms with van der Waals surface area (Å²) in [5, 5.41) is 11.1. The maximum absolute atomic E-state index is 11.1. The van der Waals surface area contributed by atoms with Crippen LogP contribution in [0.15, 0.2) is 104 Å². The standard InChI is InChI=1S/C30H29N5O2/c31-28-27-29(33-19-32-28)35(20-34-27)25-16-21(26(36)17-25)18-37-30(22-10-4-1-5-11-22,23-12-6-2-7-13-23)24-14-8-3-9-15-24/h1-15,19-21,25-26,36H,16-18H2,(H2,31,32,33)/t21-,25-,26+/m0/s1. The molecule has 37 heavy (non-hydrogen) atoms. The third-order valence-corrected chi connectivity index (χ3v) is 7.47. The molecule has 6 rings (SSSR count). The molecule has 7 nitrogen and oxygen atoms in total. The molecule has 3 aromatic carbocycles. The van der Waals surface area contributed by atoms with Gasteiger partial charge in [-0.05, 0) is 29.5 Å². The number of benzene rings is 3. The largest absolute Gasteiger partial charge is 0.393 e. The first-order valence-corrected chi connectivity index (χ1v) is 12.6. The number of aromatic nitrogens is 4. The van der Waals surface area contributed by atoms with Crippen LogP contribution >= 0.6 is 0 Å². The van der Waals surface area contributed by atoms with Crippen LogP contribution in [0.3, 0.4) is 0 Å². The number of ether oxygens (including phenoxy) is 1. The van der Waals surface area contributed by atoms with E-state index in [1.807, 2.05) is 59.2 Å². The van der Waals surface area contributed by atoms with Crippen molar-refractivity contribution in [2.24, 2.45) is 5.92 Å². The molecule has 2 heterocycles. The Kier molecular flexibility index (Phi) is 6.16. The molecular weight excluding hydrogens is 462 g/mol. The molecule has 186 valence electrons. The molecule has 2 aromatic heterocycles. The van der Waals surface area contributed by atoms with Gasteiger partial charge >= 0.3 is 0 Å².